The molecule has 0 aliphatic carbocycles. The van der Waals surface area contributed by atoms with Gasteiger partial charge in [-0.05, 0) is 18.8 Å². The lowest BCUT2D eigenvalue weighted by atomic mass is 10.0. The first-order chi connectivity index (χ1) is 13.9. The van der Waals surface area contributed by atoms with Gasteiger partial charge in [-0.1, -0.05) is 73.1 Å². The second kappa shape index (κ2) is 26.3. The van der Waals surface area contributed by atoms with Crippen LogP contribution in [0.25, 0.3) is 0 Å². The van der Waals surface area contributed by atoms with Crippen molar-refractivity contribution in [1.29, 1.82) is 0 Å². The average molecular weight is 439 g/mol. The van der Waals surface area contributed by atoms with E-state index in [1.165, 1.54) is 32.1 Å². The number of hydrogen-bond donors (Lipinski definition) is 4. The Kier molecular flexibility index (Phi) is 29.7. The minimum atomic E-state index is -0.950. The second-order valence-corrected chi connectivity index (χ2v) is 7.47. The van der Waals surface area contributed by atoms with Crippen molar-refractivity contribution in [2.45, 2.75) is 105 Å². The normalized spacial score (nSPS) is 13.4. The highest BCUT2D eigenvalue weighted by Crippen LogP contribution is 2.12. The Bertz CT molecular complexity index is 340. The van der Waals surface area contributed by atoms with Gasteiger partial charge in [0.25, 0.3) is 0 Å². The van der Waals surface area contributed by atoms with Crippen molar-refractivity contribution < 1.29 is 34.7 Å². The van der Waals surface area contributed by atoms with Crippen molar-refractivity contribution in [3.05, 3.63) is 0 Å². The van der Waals surface area contributed by atoms with E-state index in [9.17, 15) is 4.79 Å². The summed E-state index contributed by atoms with van der Waals surface area (Å²) in [4.78, 5) is 11.1. The molecule has 7 nitrogen and oxygen atoms in total. The summed E-state index contributed by atoms with van der Waals surface area (Å²) in [6, 6.07) is 0. The van der Waals surface area contributed by atoms with Crippen LogP contribution < -0.4 is 0 Å². The fraction of sp³-hybridized carbons (Fsp3) is 0.957. The van der Waals surface area contributed by atoms with Gasteiger partial charge in [0.1, 0.15) is 18.8 Å². The van der Waals surface area contributed by atoms with E-state index in [0.29, 0.717) is 18.9 Å². The summed E-state index contributed by atoms with van der Waals surface area (Å²) < 4.78 is 10.1. The maximum absolute atomic E-state index is 11.1. The molecule has 0 bridgehead atoms. The molecule has 0 aromatic carbocycles. The number of hydrogen-bond acceptors (Lipinski definition) is 7. The highest BCUT2D eigenvalue weighted by atomic mass is 16.5. The molecule has 0 amide bonds. The van der Waals surface area contributed by atoms with E-state index in [0.717, 1.165) is 25.7 Å². The molecule has 0 aromatic rings. The zero-order chi connectivity index (χ0) is 22.3. The lowest BCUT2D eigenvalue weighted by Crippen LogP contribution is -2.21. The van der Waals surface area contributed by atoms with Crippen LogP contribution in [0.4, 0.5) is 0 Å². The van der Waals surface area contributed by atoms with E-state index < -0.39 is 12.2 Å². The Labute approximate surface area is 184 Å². The van der Waals surface area contributed by atoms with Crippen molar-refractivity contribution in [3.8, 4) is 0 Å². The summed E-state index contributed by atoms with van der Waals surface area (Å²) >= 11 is 0. The van der Waals surface area contributed by atoms with Gasteiger partial charge in [-0.25, -0.2) is 0 Å². The highest BCUT2D eigenvalue weighted by molar-refractivity contribution is 5.69. The molecule has 184 valence electrons. The quantitative estimate of drug-likeness (QED) is 0.191. The average Bonchev–Trinajstić information content (AvgIpc) is 2.74. The summed E-state index contributed by atoms with van der Waals surface area (Å²) in [6.45, 7) is 6.74. The minimum absolute atomic E-state index is 0. The van der Waals surface area contributed by atoms with Gasteiger partial charge in [-0.3, -0.25) is 4.79 Å². The summed E-state index contributed by atoms with van der Waals surface area (Å²) in [5, 5.41) is 35.0. The molecular formula is C23H50O7. The Balaban J connectivity index is -0.000000471. The number of aliphatic hydroxyl groups is 4. The summed E-state index contributed by atoms with van der Waals surface area (Å²) in [6.07, 6.45) is 8.95. The molecule has 0 rings (SSSR count). The van der Waals surface area contributed by atoms with E-state index in [1.807, 2.05) is 0 Å². The zero-order valence-corrected chi connectivity index (χ0v) is 18.9. The number of aliphatic hydroxyl groups excluding tert-OH is 4. The van der Waals surface area contributed by atoms with Crippen molar-refractivity contribution >= 4 is 5.97 Å². The highest BCUT2D eigenvalue weighted by Gasteiger charge is 2.08. The van der Waals surface area contributed by atoms with Crippen LogP contribution in [0.15, 0.2) is 0 Å². The third-order valence-electron chi connectivity index (χ3n) is 4.55. The maximum atomic E-state index is 11.1. The van der Waals surface area contributed by atoms with E-state index in [2.05, 4.69) is 20.8 Å². The molecule has 0 spiro atoms. The lowest BCUT2D eigenvalue weighted by molar-refractivity contribution is -0.147. The van der Waals surface area contributed by atoms with Crippen LogP contribution in [0, 0.1) is 5.92 Å². The van der Waals surface area contributed by atoms with Gasteiger partial charge in [0.15, 0.2) is 0 Å². The third kappa shape index (κ3) is 25.3. The third-order valence-corrected chi connectivity index (χ3v) is 4.55. The maximum Gasteiger partial charge on any atom is 0.305 e. The molecule has 0 saturated heterocycles. The molecule has 7 heteroatoms. The van der Waals surface area contributed by atoms with Crippen LogP contribution in [0.3, 0.4) is 0 Å². The molecule has 0 radical (unpaired) electrons. The van der Waals surface area contributed by atoms with E-state index in [-0.39, 0.29) is 39.8 Å². The number of unbranched alkanes of at least 4 members (excludes halogenated alkanes) is 5. The molecule has 3 atom stereocenters. The molecule has 0 fully saturated rings. The number of carbonyl (C=O) groups excluding carboxylic acids is 1. The van der Waals surface area contributed by atoms with Crippen LogP contribution in [0.2, 0.25) is 0 Å². The summed E-state index contributed by atoms with van der Waals surface area (Å²) in [5.41, 5.74) is 0. The minimum Gasteiger partial charge on any atom is -0.463 e. The number of carbonyl (C=O) groups is 1. The van der Waals surface area contributed by atoms with Gasteiger partial charge in [-0.15, -0.1) is 0 Å². The molecule has 0 heterocycles. The van der Waals surface area contributed by atoms with Crippen molar-refractivity contribution in [3.63, 3.8) is 0 Å². The monoisotopic (exact) mass is 438 g/mol. The molecule has 0 aromatic heterocycles. The molecule has 30 heavy (non-hydrogen) atoms. The van der Waals surface area contributed by atoms with Gasteiger partial charge < -0.3 is 29.9 Å². The SMILES string of the molecule is C.CCCCC(CC)COCC(O)CO.CCCCCCCC(=O)OCC(O)CO. The first-order valence-electron chi connectivity index (χ1n) is 11.3. The molecule has 0 saturated carbocycles. The topological polar surface area (TPSA) is 116 Å². The van der Waals surface area contributed by atoms with E-state index in [1.54, 1.807) is 0 Å². The zero-order valence-electron chi connectivity index (χ0n) is 18.9. The van der Waals surface area contributed by atoms with Gasteiger partial charge in [-0.2, -0.15) is 0 Å². The largest absolute Gasteiger partial charge is 0.463 e. The van der Waals surface area contributed by atoms with Crippen molar-refractivity contribution in [1.82, 2.24) is 0 Å². The molecule has 0 aliphatic heterocycles. The lowest BCUT2D eigenvalue weighted by Gasteiger charge is -2.15. The Morgan fingerprint density at radius 1 is 0.800 bits per heavy atom. The van der Waals surface area contributed by atoms with Crippen molar-refractivity contribution in [2.75, 3.05) is 33.0 Å². The van der Waals surface area contributed by atoms with Gasteiger partial charge in [0, 0.05) is 13.0 Å². The fourth-order valence-electron chi connectivity index (χ4n) is 2.51. The smallest absolute Gasteiger partial charge is 0.305 e. The van der Waals surface area contributed by atoms with Gasteiger partial charge >= 0.3 is 5.97 Å². The number of rotatable bonds is 18. The molecule has 4 N–H and O–H groups in total. The standard InChI is InChI=1S/C11H22O4.C11H24O3.CH4/c1-2-3-4-5-6-7-11(14)15-9-10(13)8-12;1-3-5-6-10(4-2)8-14-9-11(13)7-12;/h10,12-13H,2-9H2,1H3;10-13H,3-9H2,1-2H3;1H4. The predicted molar refractivity (Wildman–Crippen MR) is 121 cm³/mol. The first-order valence-corrected chi connectivity index (χ1v) is 11.3. The summed E-state index contributed by atoms with van der Waals surface area (Å²) in [5.74, 6) is 0.305. The number of esters is 1. The number of ether oxygens (including phenoxy) is 2. The van der Waals surface area contributed by atoms with Gasteiger partial charge in [0.2, 0.25) is 0 Å². The molecule has 0 aliphatic rings. The second-order valence-electron chi connectivity index (χ2n) is 7.47. The van der Waals surface area contributed by atoms with Crippen LogP contribution in [0.5, 0.6) is 0 Å². The molecule has 3 unspecified atom stereocenters. The van der Waals surface area contributed by atoms with Crippen LogP contribution in [0.1, 0.15) is 92.4 Å². The first kappa shape index (κ1) is 33.9. The van der Waals surface area contributed by atoms with E-state index in [4.69, 9.17) is 29.9 Å². The molecular weight excluding hydrogens is 388 g/mol. The van der Waals surface area contributed by atoms with Gasteiger partial charge in [0.05, 0.1) is 19.8 Å². The van der Waals surface area contributed by atoms with Crippen molar-refractivity contribution in [2.24, 2.45) is 5.92 Å². The fourth-order valence-corrected chi connectivity index (χ4v) is 2.51. The Hall–Kier alpha value is -0.730. The van der Waals surface area contributed by atoms with Crippen LogP contribution >= 0.6 is 0 Å². The van der Waals surface area contributed by atoms with Crippen LogP contribution in [-0.4, -0.2) is 71.6 Å². The Morgan fingerprint density at radius 3 is 1.90 bits per heavy atom. The Morgan fingerprint density at radius 2 is 1.37 bits per heavy atom. The van der Waals surface area contributed by atoms with Crippen LogP contribution in [-0.2, 0) is 14.3 Å². The predicted octanol–water partition coefficient (Wildman–Crippen LogP) is 3.45. The van der Waals surface area contributed by atoms with E-state index >= 15 is 0 Å². The summed E-state index contributed by atoms with van der Waals surface area (Å²) in [7, 11) is 0.